The van der Waals surface area contributed by atoms with Crippen LogP contribution in [0.15, 0.2) is 45.9 Å². The van der Waals surface area contributed by atoms with Crippen molar-refractivity contribution in [2.75, 3.05) is 6.54 Å². The Morgan fingerprint density at radius 3 is 2.56 bits per heavy atom. The van der Waals surface area contributed by atoms with E-state index in [1.807, 2.05) is 31.2 Å². The number of thiocarbonyl (C=S) groups is 1. The number of hydrazone groups is 1. The average molecular weight is 358 g/mol. The van der Waals surface area contributed by atoms with Crippen LogP contribution in [0.1, 0.15) is 42.8 Å². The molecule has 0 aliphatic carbocycles. The Kier molecular flexibility index (Phi) is 6.71. The molecule has 2 rings (SSSR count). The van der Waals surface area contributed by atoms with E-state index in [2.05, 4.69) is 22.8 Å². The molecule has 0 atom stereocenters. The maximum atomic E-state index is 10.8. The highest BCUT2D eigenvalue weighted by Gasteiger charge is 2.06. The highest BCUT2D eigenvalue weighted by molar-refractivity contribution is 7.80. The number of rotatable bonds is 7. The molecule has 1 heterocycles. The van der Waals surface area contributed by atoms with Crippen molar-refractivity contribution in [3.8, 4) is 11.3 Å². The van der Waals surface area contributed by atoms with E-state index >= 15 is 0 Å². The van der Waals surface area contributed by atoms with E-state index in [0.717, 1.165) is 36.2 Å². The summed E-state index contributed by atoms with van der Waals surface area (Å²) < 4.78 is 5.23. The highest BCUT2D eigenvalue weighted by atomic mass is 32.1. The van der Waals surface area contributed by atoms with Gasteiger partial charge in [0.25, 0.3) is 0 Å². The van der Waals surface area contributed by atoms with Gasteiger partial charge in [0.15, 0.2) is 5.11 Å². The van der Waals surface area contributed by atoms with Gasteiger partial charge in [0.2, 0.25) is 0 Å². The highest BCUT2D eigenvalue weighted by Crippen LogP contribution is 2.22. The van der Waals surface area contributed by atoms with E-state index < -0.39 is 5.97 Å². The lowest BCUT2D eigenvalue weighted by Crippen LogP contribution is -2.33. The largest absolute Gasteiger partial charge is 0.542 e. The quantitative estimate of drug-likeness (QED) is 0.342. The topological polar surface area (TPSA) is 89.7 Å². The number of aromatic carboxylic acids is 1. The van der Waals surface area contributed by atoms with Crippen LogP contribution in [0.25, 0.3) is 11.3 Å². The monoisotopic (exact) mass is 358 g/mol. The van der Waals surface area contributed by atoms with Crippen LogP contribution in [-0.4, -0.2) is 23.3 Å². The number of carboxylic acids is 1. The first kappa shape index (κ1) is 18.7. The molecule has 7 heteroatoms. The lowest BCUT2D eigenvalue weighted by Gasteiger charge is -2.07. The molecule has 0 radical (unpaired) electrons. The third kappa shape index (κ3) is 5.42. The molecule has 0 bridgehead atoms. The van der Waals surface area contributed by atoms with Gasteiger partial charge in [-0.1, -0.05) is 37.6 Å². The second kappa shape index (κ2) is 8.98. The van der Waals surface area contributed by atoms with Crippen molar-refractivity contribution in [1.82, 2.24) is 10.7 Å². The molecule has 2 N–H and O–H groups in total. The summed E-state index contributed by atoms with van der Waals surface area (Å²) in [5, 5.41) is 18.6. The summed E-state index contributed by atoms with van der Waals surface area (Å²) in [7, 11) is 0. The summed E-state index contributed by atoms with van der Waals surface area (Å²) in [5.41, 5.74) is 5.29. The molecule has 0 aliphatic rings. The van der Waals surface area contributed by atoms with Crippen LogP contribution >= 0.6 is 12.2 Å². The van der Waals surface area contributed by atoms with Gasteiger partial charge in [-0.3, -0.25) is 5.43 Å². The first-order chi connectivity index (χ1) is 12.0. The Morgan fingerprint density at radius 2 is 1.96 bits per heavy atom. The molecule has 0 amide bonds. The molecular formula is C18H20N3O3S-. The zero-order valence-corrected chi connectivity index (χ0v) is 15.0. The number of hydrogen-bond donors (Lipinski definition) is 2. The number of nitrogens with zero attached hydrogens (tertiary/aromatic N) is 1. The molecule has 0 saturated carbocycles. The number of carbonyl (C=O) groups excluding carboxylic acids is 1. The maximum absolute atomic E-state index is 10.8. The molecule has 1 aromatic heterocycles. The minimum atomic E-state index is -1.33. The number of benzene rings is 1. The first-order valence-corrected chi connectivity index (χ1v) is 8.42. The minimum absolute atomic E-state index is 0.190. The molecule has 0 fully saturated rings. The fourth-order valence-corrected chi connectivity index (χ4v) is 2.24. The zero-order valence-electron chi connectivity index (χ0n) is 14.2. The van der Waals surface area contributed by atoms with Crippen molar-refractivity contribution in [3.63, 3.8) is 0 Å². The van der Waals surface area contributed by atoms with Crippen LogP contribution in [0.4, 0.5) is 0 Å². The fraction of sp³-hybridized carbons (Fsp3) is 0.278. The second-order valence-electron chi connectivity index (χ2n) is 5.45. The van der Waals surface area contributed by atoms with E-state index in [-0.39, 0.29) is 5.76 Å². The van der Waals surface area contributed by atoms with Crippen molar-refractivity contribution in [2.24, 2.45) is 5.10 Å². The summed E-state index contributed by atoms with van der Waals surface area (Å²) in [6, 6.07) is 10.4. The Labute approximate surface area is 151 Å². The summed E-state index contributed by atoms with van der Waals surface area (Å²) in [6.07, 6.45) is 2.16. The van der Waals surface area contributed by atoms with Gasteiger partial charge >= 0.3 is 0 Å². The molecule has 0 spiro atoms. The van der Waals surface area contributed by atoms with Crippen LogP contribution in [0, 0.1) is 0 Å². The van der Waals surface area contributed by atoms with E-state index in [1.165, 1.54) is 6.07 Å². The normalized spacial score (nSPS) is 11.2. The van der Waals surface area contributed by atoms with E-state index in [4.69, 9.17) is 16.6 Å². The van der Waals surface area contributed by atoms with Crippen LogP contribution < -0.4 is 15.8 Å². The summed E-state index contributed by atoms with van der Waals surface area (Å²) in [5.74, 6) is -1.05. The second-order valence-corrected chi connectivity index (χ2v) is 5.86. The molecule has 132 valence electrons. The van der Waals surface area contributed by atoms with Gasteiger partial charge in [0.1, 0.15) is 17.5 Å². The molecule has 2 aromatic rings. The van der Waals surface area contributed by atoms with E-state index in [1.54, 1.807) is 6.07 Å². The van der Waals surface area contributed by atoms with Crippen molar-refractivity contribution < 1.29 is 14.3 Å². The molecule has 25 heavy (non-hydrogen) atoms. The standard InChI is InChI=1S/C18H21N3O3S/c1-3-4-11-19-18(25)21-20-12(2)13-5-7-14(8-6-13)15-9-10-16(24-15)17(22)23/h5-10H,3-4,11H2,1-2H3,(H,22,23)(H2,19,21,25)/p-1/b20-12-. The number of nitrogens with one attached hydrogen (secondary N) is 2. The Bertz CT molecular complexity index is 766. The minimum Gasteiger partial charge on any atom is -0.542 e. The first-order valence-electron chi connectivity index (χ1n) is 8.01. The average Bonchev–Trinajstić information content (AvgIpc) is 3.10. The fourth-order valence-electron chi connectivity index (χ4n) is 2.10. The van der Waals surface area contributed by atoms with Crippen molar-refractivity contribution in [2.45, 2.75) is 26.7 Å². The predicted molar refractivity (Wildman–Crippen MR) is 99.3 cm³/mol. The van der Waals surface area contributed by atoms with Gasteiger partial charge in [-0.15, -0.1) is 0 Å². The third-order valence-corrected chi connectivity index (χ3v) is 3.77. The van der Waals surface area contributed by atoms with Crippen LogP contribution in [0.2, 0.25) is 0 Å². The van der Waals surface area contributed by atoms with Crippen molar-refractivity contribution in [3.05, 3.63) is 47.7 Å². The van der Waals surface area contributed by atoms with Crippen LogP contribution in [0.5, 0.6) is 0 Å². The summed E-state index contributed by atoms with van der Waals surface area (Å²) >= 11 is 5.15. The number of carbonyl (C=O) groups is 1. The van der Waals surface area contributed by atoms with Gasteiger partial charge in [-0.2, -0.15) is 5.10 Å². The zero-order chi connectivity index (χ0) is 18.2. The number of unbranched alkanes of at least 4 members (excludes halogenated alkanes) is 1. The molecule has 0 saturated heterocycles. The molecule has 6 nitrogen and oxygen atoms in total. The predicted octanol–water partition coefficient (Wildman–Crippen LogP) is 2.30. The van der Waals surface area contributed by atoms with Crippen molar-refractivity contribution >= 4 is 29.0 Å². The number of carboxylic acid groups (broad SMARTS) is 1. The van der Waals surface area contributed by atoms with Gasteiger partial charge in [-0.25, -0.2) is 0 Å². The lowest BCUT2D eigenvalue weighted by molar-refractivity contribution is -0.257. The number of hydrogen-bond acceptors (Lipinski definition) is 5. The molecular weight excluding hydrogens is 338 g/mol. The smallest absolute Gasteiger partial charge is 0.186 e. The summed E-state index contributed by atoms with van der Waals surface area (Å²) in [4.78, 5) is 10.8. The summed E-state index contributed by atoms with van der Waals surface area (Å²) in [6.45, 7) is 4.81. The third-order valence-electron chi connectivity index (χ3n) is 3.54. The van der Waals surface area contributed by atoms with Gasteiger partial charge in [0.05, 0.1) is 5.71 Å². The lowest BCUT2D eigenvalue weighted by atomic mass is 10.1. The van der Waals surface area contributed by atoms with Gasteiger partial charge in [0, 0.05) is 12.1 Å². The number of furan rings is 1. The molecule has 1 aromatic carbocycles. The van der Waals surface area contributed by atoms with Crippen LogP contribution in [0.3, 0.4) is 0 Å². The van der Waals surface area contributed by atoms with Crippen LogP contribution in [-0.2, 0) is 0 Å². The Balaban J connectivity index is 1.99. The maximum Gasteiger partial charge on any atom is 0.186 e. The van der Waals surface area contributed by atoms with Gasteiger partial charge < -0.3 is 19.6 Å². The molecule has 0 aliphatic heterocycles. The Morgan fingerprint density at radius 1 is 1.24 bits per heavy atom. The Hall–Kier alpha value is -2.67. The van der Waals surface area contributed by atoms with Gasteiger partial charge in [-0.05, 0) is 43.3 Å². The van der Waals surface area contributed by atoms with E-state index in [0.29, 0.717) is 10.9 Å². The van der Waals surface area contributed by atoms with Crippen molar-refractivity contribution in [1.29, 1.82) is 0 Å². The van der Waals surface area contributed by atoms with E-state index in [9.17, 15) is 9.90 Å². The SMILES string of the molecule is CCCCNC(=S)N/N=C(/C)c1ccc(-c2ccc(C(=O)[O-])o2)cc1. The molecule has 0 unspecified atom stereocenters.